The van der Waals surface area contributed by atoms with Crippen LogP contribution in [0, 0.1) is 0 Å². The Hall–Kier alpha value is -1.31. The number of allylic oxidation sites excluding steroid dienone is 2. The van der Waals surface area contributed by atoms with Crippen LogP contribution in [0.3, 0.4) is 0 Å². The highest BCUT2D eigenvalue weighted by molar-refractivity contribution is 6.73. The fourth-order valence-corrected chi connectivity index (χ4v) is 2.86. The summed E-state index contributed by atoms with van der Waals surface area (Å²) in [7, 11) is 0. The SMILES string of the molecule is CCB(CC)c1ccc2c(c1)CC(=O)C(C)=C2C. The van der Waals surface area contributed by atoms with E-state index in [0.717, 1.165) is 23.8 Å². The predicted molar refractivity (Wildman–Crippen MR) is 79.8 cm³/mol. The lowest BCUT2D eigenvalue weighted by Crippen LogP contribution is -2.29. The van der Waals surface area contributed by atoms with Gasteiger partial charge in [0.15, 0.2) is 12.5 Å². The Labute approximate surface area is 110 Å². The number of carbonyl (C=O) groups excluding carboxylic acids is 1. The number of hydrogen-bond acceptors (Lipinski definition) is 1. The zero-order chi connectivity index (χ0) is 13.3. The van der Waals surface area contributed by atoms with Gasteiger partial charge in [0.05, 0.1) is 0 Å². The molecule has 18 heavy (non-hydrogen) atoms. The number of ketones is 1. The third-order valence-corrected chi connectivity index (χ3v) is 4.32. The van der Waals surface area contributed by atoms with Gasteiger partial charge < -0.3 is 0 Å². The molecule has 0 saturated carbocycles. The Morgan fingerprint density at radius 2 is 1.78 bits per heavy atom. The molecule has 0 bridgehead atoms. The van der Waals surface area contributed by atoms with Gasteiger partial charge in [0.25, 0.3) is 0 Å². The molecular formula is C16H21BO. The molecule has 0 aliphatic heterocycles. The van der Waals surface area contributed by atoms with E-state index in [1.807, 2.05) is 6.92 Å². The first-order chi connectivity index (χ1) is 8.58. The average molecular weight is 240 g/mol. The Bertz CT molecular complexity index is 510. The molecule has 2 rings (SSSR count). The summed E-state index contributed by atoms with van der Waals surface area (Å²) in [5.41, 5.74) is 5.95. The van der Waals surface area contributed by atoms with Crippen molar-refractivity contribution in [1.29, 1.82) is 0 Å². The van der Waals surface area contributed by atoms with Gasteiger partial charge in [0.1, 0.15) is 0 Å². The maximum atomic E-state index is 11.9. The van der Waals surface area contributed by atoms with Gasteiger partial charge in [-0.15, -0.1) is 0 Å². The number of carbonyl (C=O) groups is 1. The zero-order valence-electron chi connectivity index (χ0n) is 11.8. The molecule has 0 atom stereocenters. The van der Waals surface area contributed by atoms with Gasteiger partial charge >= 0.3 is 0 Å². The monoisotopic (exact) mass is 240 g/mol. The largest absolute Gasteiger partial charge is 0.294 e. The Balaban J connectivity index is 2.46. The van der Waals surface area contributed by atoms with Crippen LogP contribution >= 0.6 is 0 Å². The molecule has 2 heteroatoms. The molecule has 0 aromatic heterocycles. The lowest BCUT2D eigenvalue weighted by atomic mass is 9.41. The zero-order valence-corrected chi connectivity index (χ0v) is 11.8. The molecular weight excluding hydrogens is 219 g/mol. The second-order valence-corrected chi connectivity index (χ2v) is 5.28. The minimum Gasteiger partial charge on any atom is -0.294 e. The summed E-state index contributed by atoms with van der Waals surface area (Å²) in [5, 5.41) is 0. The molecule has 0 heterocycles. The van der Waals surface area contributed by atoms with Crippen LogP contribution in [0.25, 0.3) is 5.57 Å². The minimum absolute atomic E-state index is 0.279. The molecule has 0 amide bonds. The van der Waals surface area contributed by atoms with E-state index in [9.17, 15) is 4.79 Å². The van der Waals surface area contributed by atoms with Gasteiger partial charge in [-0.2, -0.15) is 0 Å². The van der Waals surface area contributed by atoms with E-state index in [4.69, 9.17) is 0 Å². The smallest absolute Gasteiger partial charge is 0.175 e. The van der Waals surface area contributed by atoms with E-state index in [2.05, 4.69) is 39.0 Å². The number of Topliss-reactive ketones (excluding diaryl/α,β-unsaturated/α-hetero) is 1. The van der Waals surface area contributed by atoms with Crippen LogP contribution in [0.5, 0.6) is 0 Å². The quantitative estimate of drug-likeness (QED) is 0.740. The first-order valence-corrected chi connectivity index (χ1v) is 6.92. The Morgan fingerprint density at radius 1 is 1.11 bits per heavy atom. The second kappa shape index (κ2) is 5.13. The topological polar surface area (TPSA) is 17.1 Å². The lowest BCUT2D eigenvalue weighted by Gasteiger charge is -2.20. The van der Waals surface area contributed by atoms with Crippen LogP contribution in [0.2, 0.25) is 12.6 Å². The van der Waals surface area contributed by atoms with Crippen LogP contribution in [0.15, 0.2) is 23.8 Å². The van der Waals surface area contributed by atoms with E-state index in [0.29, 0.717) is 13.1 Å². The Kier molecular flexibility index (Phi) is 3.75. The third-order valence-electron chi connectivity index (χ3n) is 4.32. The highest BCUT2D eigenvalue weighted by Crippen LogP contribution is 2.28. The van der Waals surface area contributed by atoms with Crippen molar-refractivity contribution < 1.29 is 4.79 Å². The van der Waals surface area contributed by atoms with Crippen LogP contribution < -0.4 is 5.46 Å². The third kappa shape index (κ3) is 2.16. The fraction of sp³-hybridized carbons (Fsp3) is 0.438. The van der Waals surface area contributed by atoms with Crippen molar-refractivity contribution in [2.75, 3.05) is 0 Å². The summed E-state index contributed by atoms with van der Waals surface area (Å²) in [6.07, 6.45) is 2.90. The molecule has 1 aromatic rings. The lowest BCUT2D eigenvalue weighted by molar-refractivity contribution is -0.115. The summed E-state index contributed by atoms with van der Waals surface area (Å²) in [6, 6.07) is 6.69. The predicted octanol–water partition coefficient (Wildman–Crippen LogP) is 3.35. The number of hydrogen-bond donors (Lipinski definition) is 0. The van der Waals surface area contributed by atoms with Crippen molar-refractivity contribution in [2.24, 2.45) is 0 Å². The summed E-state index contributed by atoms with van der Waals surface area (Å²) in [4.78, 5) is 11.9. The Morgan fingerprint density at radius 3 is 2.39 bits per heavy atom. The van der Waals surface area contributed by atoms with Crippen LogP contribution in [-0.4, -0.2) is 12.5 Å². The van der Waals surface area contributed by atoms with Gasteiger partial charge in [-0.3, -0.25) is 4.79 Å². The average Bonchev–Trinajstić information content (AvgIpc) is 2.37. The van der Waals surface area contributed by atoms with Crippen molar-refractivity contribution >= 4 is 23.5 Å². The van der Waals surface area contributed by atoms with Crippen molar-refractivity contribution in [1.82, 2.24) is 0 Å². The van der Waals surface area contributed by atoms with Gasteiger partial charge in [-0.05, 0) is 36.1 Å². The standard InChI is InChI=1S/C16H21BO/c1-5-17(6-2)14-7-8-15-11(3)12(4)16(18)10-13(15)9-14/h7-9H,5-6,10H2,1-4H3. The summed E-state index contributed by atoms with van der Waals surface area (Å²) in [5.74, 6) is 0.279. The first kappa shape index (κ1) is 13.1. The molecule has 0 radical (unpaired) electrons. The summed E-state index contributed by atoms with van der Waals surface area (Å²) >= 11 is 0. The molecule has 0 N–H and O–H groups in total. The number of rotatable bonds is 3. The molecule has 94 valence electrons. The van der Waals surface area contributed by atoms with Gasteiger partial charge in [-0.25, -0.2) is 0 Å². The highest BCUT2D eigenvalue weighted by atomic mass is 16.1. The van der Waals surface area contributed by atoms with E-state index >= 15 is 0 Å². The molecule has 1 aliphatic carbocycles. The maximum absolute atomic E-state index is 11.9. The van der Waals surface area contributed by atoms with E-state index < -0.39 is 0 Å². The molecule has 1 nitrogen and oxygen atoms in total. The van der Waals surface area contributed by atoms with Crippen molar-refractivity contribution in [3.05, 3.63) is 34.9 Å². The second-order valence-electron chi connectivity index (χ2n) is 5.28. The van der Waals surface area contributed by atoms with Crippen molar-refractivity contribution in [3.8, 4) is 0 Å². The summed E-state index contributed by atoms with van der Waals surface area (Å²) in [6.45, 7) is 9.08. The fourth-order valence-electron chi connectivity index (χ4n) is 2.86. The molecule has 0 fully saturated rings. The molecule has 1 aromatic carbocycles. The highest BCUT2D eigenvalue weighted by Gasteiger charge is 2.21. The molecule has 0 unspecified atom stereocenters. The van der Waals surface area contributed by atoms with Crippen molar-refractivity contribution in [3.63, 3.8) is 0 Å². The molecule has 0 saturated heterocycles. The van der Waals surface area contributed by atoms with Gasteiger partial charge in [0.2, 0.25) is 0 Å². The van der Waals surface area contributed by atoms with E-state index in [1.165, 1.54) is 16.6 Å². The normalized spacial score (nSPS) is 14.8. The molecule has 0 spiro atoms. The van der Waals surface area contributed by atoms with E-state index in [-0.39, 0.29) is 5.78 Å². The van der Waals surface area contributed by atoms with Gasteiger partial charge in [0, 0.05) is 6.42 Å². The number of benzene rings is 1. The van der Waals surface area contributed by atoms with Crippen LogP contribution in [-0.2, 0) is 11.2 Å². The van der Waals surface area contributed by atoms with Crippen molar-refractivity contribution in [2.45, 2.75) is 46.8 Å². The van der Waals surface area contributed by atoms with Gasteiger partial charge in [-0.1, -0.05) is 50.1 Å². The summed E-state index contributed by atoms with van der Waals surface area (Å²) < 4.78 is 0. The number of fused-ring (bicyclic) bond motifs is 1. The first-order valence-electron chi connectivity index (χ1n) is 6.92. The molecule has 1 aliphatic rings. The van der Waals surface area contributed by atoms with Crippen LogP contribution in [0.1, 0.15) is 38.8 Å². The van der Waals surface area contributed by atoms with E-state index in [1.54, 1.807) is 0 Å². The van der Waals surface area contributed by atoms with Crippen LogP contribution in [0.4, 0.5) is 0 Å². The maximum Gasteiger partial charge on any atom is 0.175 e. The minimum atomic E-state index is 0.279.